The number of benzene rings is 1. The number of rotatable bonds is 13. The quantitative estimate of drug-likeness (QED) is 0.400. The van der Waals surface area contributed by atoms with Crippen LogP contribution < -0.4 is 0 Å². The van der Waals surface area contributed by atoms with Crippen molar-refractivity contribution in [2.45, 2.75) is 52.2 Å². The highest BCUT2D eigenvalue weighted by Gasteiger charge is 2.15. The predicted octanol–water partition coefficient (Wildman–Crippen LogP) is 3.75. The topological polar surface area (TPSA) is 54.0 Å². The summed E-state index contributed by atoms with van der Waals surface area (Å²) in [6, 6.07) is 10.1. The zero-order valence-electron chi connectivity index (χ0n) is 15.8. The zero-order chi connectivity index (χ0) is 18.4. The van der Waals surface area contributed by atoms with E-state index >= 15 is 0 Å². The van der Waals surface area contributed by atoms with Crippen molar-refractivity contribution in [3.05, 3.63) is 35.9 Å². The molecule has 1 rings (SSSR count). The molecule has 1 aromatic carbocycles. The predicted molar refractivity (Wildman–Crippen MR) is 97.4 cm³/mol. The van der Waals surface area contributed by atoms with Crippen molar-refractivity contribution >= 4 is 5.97 Å². The van der Waals surface area contributed by atoms with Gasteiger partial charge in [0.05, 0.1) is 6.61 Å². The van der Waals surface area contributed by atoms with Crippen LogP contribution in [0.3, 0.4) is 0 Å². The van der Waals surface area contributed by atoms with E-state index in [0.29, 0.717) is 33.0 Å². The summed E-state index contributed by atoms with van der Waals surface area (Å²) in [5, 5.41) is 0. The van der Waals surface area contributed by atoms with Crippen LogP contribution in [0.15, 0.2) is 30.3 Å². The second-order valence-electron chi connectivity index (χ2n) is 6.85. The van der Waals surface area contributed by atoms with Gasteiger partial charge in [0, 0.05) is 26.4 Å². The highest BCUT2D eigenvalue weighted by molar-refractivity contribution is 5.71. The Morgan fingerprint density at radius 1 is 0.840 bits per heavy atom. The van der Waals surface area contributed by atoms with Crippen LogP contribution in [0.25, 0.3) is 0 Å². The Morgan fingerprint density at radius 3 is 2.12 bits per heavy atom. The number of carbonyl (C=O) groups is 1. The fourth-order valence-electron chi connectivity index (χ4n) is 2.06. The van der Waals surface area contributed by atoms with Gasteiger partial charge in [-0.15, -0.1) is 0 Å². The molecule has 0 fully saturated rings. The standard InChI is InChI=1S/C20H32O5/c1-20(2,3)25-19(21)17-24-13-8-7-12-22-14-9-15-23-16-18-10-5-4-6-11-18/h4-6,10-11H,7-9,12-17H2,1-3H3. The van der Waals surface area contributed by atoms with Crippen LogP contribution in [0.1, 0.15) is 45.6 Å². The molecule has 5 nitrogen and oxygen atoms in total. The number of unbranched alkanes of at least 4 members (excludes halogenated alkanes) is 1. The van der Waals surface area contributed by atoms with Crippen molar-refractivity contribution in [1.29, 1.82) is 0 Å². The van der Waals surface area contributed by atoms with Crippen molar-refractivity contribution in [1.82, 2.24) is 0 Å². The third-order valence-electron chi connectivity index (χ3n) is 3.16. The summed E-state index contributed by atoms with van der Waals surface area (Å²) >= 11 is 0. The van der Waals surface area contributed by atoms with Gasteiger partial charge in [-0.25, -0.2) is 4.79 Å². The van der Waals surface area contributed by atoms with E-state index in [0.717, 1.165) is 19.3 Å². The molecular weight excluding hydrogens is 320 g/mol. The van der Waals surface area contributed by atoms with Crippen LogP contribution in [-0.2, 0) is 30.3 Å². The molecule has 0 atom stereocenters. The molecule has 0 amide bonds. The van der Waals surface area contributed by atoms with Crippen LogP contribution in [0.4, 0.5) is 0 Å². The van der Waals surface area contributed by atoms with Gasteiger partial charge in [0.1, 0.15) is 12.2 Å². The van der Waals surface area contributed by atoms with Crippen molar-refractivity contribution in [2.24, 2.45) is 0 Å². The van der Waals surface area contributed by atoms with Crippen LogP contribution in [0.5, 0.6) is 0 Å². The summed E-state index contributed by atoms with van der Waals surface area (Å²) in [7, 11) is 0. The second-order valence-corrected chi connectivity index (χ2v) is 6.85. The molecule has 0 aliphatic rings. The van der Waals surface area contributed by atoms with E-state index in [4.69, 9.17) is 18.9 Å². The summed E-state index contributed by atoms with van der Waals surface area (Å²) in [5.41, 5.74) is 0.730. The Morgan fingerprint density at radius 2 is 1.44 bits per heavy atom. The number of ether oxygens (including phenoxy) is 4. The van der Waals surface area contributed by atoms with E-state index in [2.05, 4.69) is 12.1 Å². The molecule has 0 aliphatic carbocycles. The third kappa shape index (κ3) is 13.5. The Kier molecular flexibility index (Phi) is 11.1. The largest absolute Gasteiger partial charge is 0.458 e. The lowest BCUT2D eigenvalue weighted by Gasteiger charge is -2.19. The minimum Gasteiger partial charge on any atom is -0.458 e. The maximum atomic E-state index is 11.4. The molecule has 0 saturated carbocycles. The van der Waals surface area contributed by atoms with Crippen LogP contribution in [-0.4, -0.2) is 44.6 Å². The van der Waals surface area contributed by atoms with E-state index in [-0.39, 0.29) is 12.6 Å². The molecule has 142 valence electrons. The molecule has 0 unspecified atom stereocenters. The zero-order valence-corrected chi connectivity index (χ0v) is 15.8. The van der Waals surface area contributed by atoms with Gasteiger partial charge < -0.3 is 18.9 Å². The molecule has 0 saturated heterocycles. The molecule has 0 heterocycles. The summed E-state index contributed by atoms with van der Waals surface area (Å²) in [4.78, 5) is 11.4. The first-order valence-electron chi connectivity index (χ1n) is 8.96. The average molecular weight is 352 g/mol. The molecule has 5 heteroatoms. The minimum absolute atomic E-state index is 0.0108. The van der Waals surface area contributed by atoms with E-state index in [1.54, 1.807) is 0 Å². The average Bonchev–Trinajstić information content (AvgIpc) is 2.55. The monoisotopic (exact) mass is 352 g/mol. The van der Waals surface area contributed by atoms with Crippen molar-refractivity contribution in [3.63, 3.8) is 0 Å². The van der Waals surface area contributed by atoms with E-state index < -0.39 is 5.60 Å². The Balaban J connectivity index is 1.81. The van der Waals surface area contributed by atoms with Gasteiger partial charge in [-0.3, -0.25) is 0 Å². The third-order valence-corrected chi connectivity index (χ3v) is 3.16. The molecule has 0 spiro atoms. The molecule has 1 aromatic rings. The van der Waals surface area contributed by atoms with E-state index in [1.165, 1.54) is 5.56 Å². The van der Waals surface area contributed by atoms with E-state index in [1.807, 2.05) is 39.0 Å². The maximum Gasteiger partial charge on any atom is 0.332 e. The van der Waals surface area contributed by atoms with Crippen molar-refractivity contribution < 1.29 is 23.7 Å². The first kappa shape index (κ1) is 21.6. The number of carbonyl (C=O) groups excluding carboxylic acids is 1. The first-order valence-corrected chi connectivity index (χ1v) is 8.96. The highest BCUT2D eigenvalue weighted by Crippen LogP contribution is 2.07. The highest BCUT2D eigenvalue weighted by atomic mass is 16.6. The molecule has 25 heavy (non-hydrogen) atoms. The number of esters is 1. The molecule has 0 bridgehead atoms. The summed E-state index contributed by atoms with van der Waals surface area (Å²) in [6.07, 6.45) is 2.68. The van der Waals surface area contributed by atoms with Crippen LogP contribution in [0.2, 0.25) is 0 Å². The van der Waals surface area contributed by atoms with Gasteiger partial charge in [0.25, 0.3) is 0 Å². The van der Waals surface area contributed by atoms with Gasteiger partial charge in [0.15, 0.2) is 0 Å². The van der Waals surface area contributed by atoms with Gasteiger partial charge in [0.2, 0.25) is 0 Å². The van der Waals surface area contributed by atoms with Gasteiger partial charge >= 0.3 is 5.97 Å². The fourth-order valence-corrected chi connectivity index (χ4v) is 2.06. The van der Waals surface area contributed by atoms with Gasteiger partial charge in [-0.1, -0.05) is 30.3 Å². The van der Waals surface area contributed by atoms with Crippen molar-refractivity contribution in [3.8, 4) is 0 Å². The number of hydrogen-bond donors (Lipinski definition) is 0. The molecule has 0 aromatic heterocycles. The summed E-state index contributed by atoms with van der Waals surface area (Å²) < 4.78 is 21.6. The molecular formula is C20H32O5. The maximum absolute atomic E-state index is 11.4. The van der Waals surface area contributed by atoms with E-state index in [9.17, 15) is 4.79 Å². The molecule has 0 N–H and O–H groups in total. The lowest BCUT2D eigenvalue weighted by molar-refractivity contribution is -0.160. The summed E-state index contributed by atoms with van der Waals surface area (Å²) in [6.45, 7) is 8.84. The lowest BCUT2D eigenvalue weighted by Crippen LogP contribution is -2.26. The van der Waals surface area contributed by atoms with Crippen LogP contribution in [0, 0.1) is 0 Å². The Hall–Kier alpha value is -1.43. The minimum atomic E-state index is -0.459. The summed E-state index contributed by atoms with van der Waals surface area (Å²) in [5.74, 6) is -0.320. The van der Waals surface area contributed by atoms with Gasteiger partial charge in [-0.05, 0) is 45.6 Å². The first-order chi connectivity index (χ1) is 12.0. The fraction of sp³-hybridized carbons (Fsp3) is 0.650. The van der Waals surface area contributed by atoms with Crippen molar-refractivity contribution in [2.75, 3.05) is 33.0 Å². The second kappa shape index (κ2) is 12.9. The molecule has 0 radical (unpaired) electrons. The SMILES string of the molecule is CC(C)(C)OC(=O)COCCCCOCCCOCc1ccccc1. The number of hydrogen-bond acceptors (Lipinski definition) is 5. The van der Waals surface area contributed by atoms with Gasteiger partial charge in [-0.2, -0.15) is 0 Å². The normalized spacial score (nSPS) is 11.5. The van der Waals surface area contributed by atoms with Crippen LogP contribution >= 0.6 is 0 Å². The lowest BCUT2D eigenvalue weighted by atomic mass is 10.2. The molecule has 0 aliphatic heterocycles. The Bertz CT molecular complexity index is 453. The Labute approximate surface area is 151 Å². The smallest absolute Gasteiger partial charge is 0.332 e.